The maximum absolute atomic E-state index is 13.2. The van der Waals surface area contributed by atoms with Crippen molar-refractivity contribution in [3.8, 4) is 11.1 Å². The van der Waals surface area contributed by atoms with Crippen molar-refractivity contribution < 1.29 is 9.53 Å². The molecule has 1 fully saturated rings. The number of rotatable bonds is 2. The minimum Gasteiger partial charge on any atom is -0.448 e. The van der Waals surface area contributed by atoms with Gasteiger partial charge in [0, 0.05) is 17.0 Å². The second kappa shape index (κ2) is 5.94. The lowest BCUT2D eigenvalue weighted by Gasteiger charge is -2.49. The highest BCUT2D eigenvalue weighted by Gasteiger charge is 2.52. The van der Waals surface area contributed by atoms with Gasteiger partial charge in [-0.1, -0.05) is 67.1 Å². The molecule has 3 aromatic carbocycles. The summed E-state index contributed by atoms with van der Waals surface area (Å²) in [6.07, 6.45) is 3.37. The SMILES string of the molecule is CC(C)(C)C(=O)OC1(C2CCC2)c2ccccc2-c2cccc3cccc1c23. The first-order valence-corrected chi connectivity index (χ1v) is 10.3. The minimum atomic E-state index is -0.701. The highest BCUT2D eigenvalue weighted by Crippen LogP contribution is 2.57. The molecule has 1 saturated carbocycles. The van der Waals surface area contributed by atoms with Crippen LogP contribution in [0.5, 0.6) is 0 Å². The van der Waals surface area contributed by atoms with Crippen LogP contribution in [0, 0.1) is 11.3 Å². The lowest BCUT2D eigenvalue weighted by atomic mass is 9.62. The average molecular weight is 370 g/mol. The molecule has 5 rings (SSSR count). The molecule has 0 heterocycles. The van der Waals surface area contributed by atoms with Crippen LogP contribution in [0.25, 0.3) is 21.9 Å². The van der Waals surface area contributed by atoms with E-state index < -0.39 is 11.0 Å². The zero-order valence-corrected chi connectivity index (χ0v) is 16.8. The third-order valence-corrected chi connectivity index (χ3v) is 6.47. The fourth-order valence-corrected chi connectivity index (χ4v) is 4.81. The molecule has 0 N–H and O–H groups in total. The maximum Gasteiger partial charge on any atom is 0.312 e. The number of hydrogen-bond acceptors (Lipinski definition) is 2. The Labute approximate surface area is 166 Å². The molecule has 0 saturated heterocycles. The second-order valence-corrected chi connectivity index (χ2v) is 9.26. The molecule has 0 aromatic heterocycles. The largest absolute Gasteiger partial charge is 0.448 e. The first-order valence-electron chi connectivity index (χ1n) is 10.3. The Bertz CT molecular complexity index is 1080. The fraction of sp³-hybridized carbons (Fsp3) is 0.346. The third kappa shape index (κ3) is 2.30. The molecular formula is C26H26O2. The van der Waals surface area contributed by atoms with Gasteiger partial charge in [-0.15, -0.1) is 0 Å². The summed E-state index contributed by atoms with van der Waals surface area (Å²) in [6, 6.07) is 21.4. The van der Waals surface area contributed by atoms with Gasteiger partial charge in [-0.25, -0.2) is 0 Å². The van der Waals surface area contributed by atoms with E-state index in [0.29, 0.717) is 5.92 Å². The van der Waals surface area contributed by atoms with Crippen molar-refractivity contribution in [2.75, 3.05) is 0 Å². The summed E-state index contributed by atoms with van der Waals surface area (Å²) < 4.78 is 6.58. The first kappa shape index (κ1) is 17.5. The van der Waals surface area contributed by atoms with E-state index in [1.165, 1.54) is 28.3 Å². The van der Waals surface area contributed by atoms with E-state index in [1.54, 1.807) is 0 Å². The molecule has 2 nitrogen and oxygen atoms in total. The van der Waals surface area contributed by atoms with Crippen LogP contribution in [0.1, 0.15) is 51.2 Å². The lowest BCUT2D eigenvalue weighted by Crippen LogP contribution is -2.47. The number of carbonyl (C=O) groups is 1. The molecule has 3 aromatic rings. The van der Waals surface area contributed by atoms with Crippen LogP contribution in [-0.2, 0) is 15.1 Å². The monoisotopic (exact) mass is 370 g/mol. The molecule has 2 heteroatoms. The van der Waals surface area contributed by atoms with Gasteiger partial charge in [0.05, 0.1) is 5.41 Å². The minimum absolute atomic E-state index is 0.134. The van der Waals surface area contributed by atoms with E-state index in [0.717, 1.165) is 24.0 Å². The molecule has 0 aliphatic heterocycles. The van der Waals surface area contributed by atoms with Crippen LogP contribution >= 0.6 is 0 Å². The van der Waals surface area contributed by atoms with Gasteiger partial charge in [-0.3, -0.25) is 4.79 Å². The van der Waals surface area contributed by atoms with Crippen LogP contribution in [0.4, 0.5) is 0 Å². The van der Waals surface area contributed by atoms with E-state index in [4.69, 9.17) is 4.74 Å². The number of carbonyl (C=O) groups excluding carboxylic acids is 1. The summed E-state index contributed by atoms with van der Waals surface area (Å²) in [5.41, 5.74) is 3.49. The van der Waals surface area contributed by atoms with Crippen LogP contribution in [0.2, 0.25) is 0 Å². The van der Waals surface area contributed by atoms with Gasteiger partial charge in [0.2, 0.25) is 0 Å². The van der Waals surface area contributed by atoms with Crippen LogP contribution in [0.3, 0.4) is 0 Å². The predicted molar refractivity (Wildman–Crippen MR) is 113 cm³/mol. The van der Waals surface area contributed by atoms with Crippen molar-refractivity contribution in [2.24, 2.45) is 11.3 Å². The first-order chi connectivity index (χ1) is 13.4. The Balaban J connectivity index is 1.88. The van der Waals surface area contributed by atoms with Gasteiger partial charge >= 0.3 is 5.97 Å². The molecule has 0 radical (unpaired) electrons. The summed E-state index contributed by atoms with van der Waals surface area (Å²) >= 11 is 0. The molecule has 2 aliphatic rings. The summed E-state index contributed by atoms with van der Waals surface area (Å²) in [4.78, 5) is 13.2. The molecular weight excluding hydrogens is 344 g/mol. The molecule has 2 aliphatic carbocycles. The Morgan fingerprint density at radius 1 is 0.893 bits per heavy atom. The fourth-order valence-electron chi connectivity index (χ4n) is 4.81. The van der Waals surface area contributed by atoms with Gasteiger partial charge in [-0.05, 0) is 55.5 Å². The number of ether oxygens (including phenoxy) is 1. The molecule has 0 amide bonds. The smallest absolute Gasteiger partial charge is 0.312 e. The number of benzene rings is 3. The summed E-state index contributed by atoms with van der Waals surface area (Å²) in [7, 11) is 0. The Morgan fingerprint density at radius 3 is 2.21 bits per heavy atom. The lowest BCUT2D eigenvalue weighted by molar-refractivity contribution is -0.175. The zero-order valence-electron chi connectivity index (χ0n) is 16.8. The summed E-state index contributed by atoms with van der Waals surface area (Å²) in [5, 5.41) is 2.44. The maximum atomic E-state index is 13.2. The third-order valence-electron chi connectivity index (χ3n) is 6.47. The molecule has 1 atom stereocenters. The molecule has 0 spiro atoms. The zero-order chi connectivity index (χ0) is 19.5. The van der Waals surface area contributed by atoms with Crippen molar-refractivity contribution in [1.29, 1.82) is 0 Å². The number of fused-ring (bicyclic) bond motifs is 2. The predicted octanol–water partition coefficient (Wildman–Crippen LogP) is 6.45. The highest BCUT2D eigenvalue weighted by atomic mass is 16.6. The molecule has 28 heavy (non-hydrogen) atoms. The number of hydrogen-bond donors (Lipinski definition) is 0. The van der Waals surface area contributed by atoms with E-state index in [1.807, 2.05) is 20.8 Å². The summed E-state index contributed by atoms with van der Waals surface area (Å²) in [5.74, 6) is 0.185. The highest BCUT2D eigenvalue weighted by molar-refractivity contribution is 6.03. The van der Waals surface area contributed by atoms with Crippen molar-refractivity contribution in [3.05, 3.63) is 71.8 Å². The molecule has 1 unspecified atom stereocenters. The van der Waals surface area contributed by atoms with Gasteiger partial charge in [0.25, 0.3) is 0 Å². The van der Waals surface area contributed by atoms with Crippen molar-refractivity contribution in [1.82, 2.24) is 0 Å². The molecule has 0 bridgehead atoms. The van der Waals surface area contributed by atoms with E-state index in [9.17, 15) is 4.79 Å². The van der Waals surface area contributed by atoms with Gasteiger partial charge < -0.3 is 4.74 Å². The second-order valence-electron chi connectivity index (χ2n) is 9.26. The van der Waals surface area contributed by atoms with Crippen molar-refractivity contribution in [2.45, 2.75) is 45.6 Å². The van der Waals surface area contributed by atoms with Crippen LogP contribution in [-0.4, -0.2) is 5.97 Å². The van der Waals surface area contributed by atoms with Crippen LogP contribution < -0.4 is 0 Å². The molecule has 142 valence electrons. The van der Waals surface area contributed by atoms with Gasteiger partial charge in [0.1, 0.15) is 0 Å². The topological polar surface area (TPSA) is 26.3 Å². The van der Waals surface area contributed by atoms with Crippen molar-refractivity contribution in [3.63, 3.8) is 0 Å². The normalized spacial score (nSPS) is 21.1. The van der Waals surface area contributed by atoms with Crippen LogP contribution in [0.15, 0.2) is 60.7 Å². The van der Waals surface area contributed by atoms with Gasteiger partial charge in [0.15, 0.2) is 5.60 Å². The standard InChI is InChI=1S/C26H26O2/c1-25(2,3)24(27)28-26(18-11-8-12-18)21-15-5-4-13-19(21)20-14-6-9-17-10-7-16-22(26)23(17)20/h4-7,9-10,13-16,18H,8,11-12H2,1-3H3. The average Bonchev–Trinajstić information content (AvgIpc) is 2.63. The Morgan fingerprint density at radius 2 is 1.54 bits per heavy atom. The number of esters is 1. The van der Waals surface area contributed by atoms with E-state index in [-0.39, 0.29) is 5.97 Å². The van der Waals surface area contributed by atoms with E-state index >= 15 is 0 Å². The van der Waals surface area contributed by atoms with Gasteiger partial charge in [-0.2, -0.15) is 0 Å². The summed E-state index contributed by atoms with van der Waals surface area (Å²) in [6.45, 7) is 5.81. The Kier molecular flexibility index (Phi) is 3.71. The quantitative estimate of drug-likeness (QED) is 0.484. The van der Waals surface area contributed by atoms with E-state index in [2.05, 4.69) is 60.7 Å². The van der Waals surface area contributed by atoms with Crippen molar-refractivity contribution >= 4 is 16.7 Å². The Hall–Kier alpha value is -2.61.